The molecule has 1 spiro atoms. The minimum absolute atomic E-state index is 0.0379. The highest BCUT2D eigenvalue weighted by atomic mass is 16.2. The van der Waals surface area contributed by atoms with E-state index in [4.69, 9.17) is 0 Å². The molecule has 0 unspecified atom stereocenters. The summed E-state index contributed by atoms with van der Waals surface area (Å²) in [5, 5.41) is 20.7. The molecule has 29 heavy (non-hydrogen) atoms. The Morgan fingerprint density at radius 3 is 2.55 bits per heavy atom. The molecule has 5 heterocycles. The van der Waals surface area contributed by atoms with Gasteiger partial charge in [0.05, 0.1) is 0 Å². The van der Waals surface area contributed by atoms with Gasteiger partial charge in [0.25, 0.3) is 5.91 Å². The van der Waals surface area contributed by atoms with Gasteiger partial charge in [0.2, 0.25) is 5.91 Å². The Labute approximate surface area is 165 Å². The first-order valence-corrected chi connectivity index (χ1v) is 9.77. The van der Waals surface area contributed by atoms with Crippen LogP contribution in [-0.2, 0) is 9.59 Å². The summed E-state index contributed by atoms with van der Waals surface area (Å²) < 4.78 is 1.40. The maximum Gasteiger partial charge on any atom is 0.322 e. The normalized spacial score (nSPS) is 22.2. The number of likely N-dealkylation sites (tertiary alicyclic amines) is 1. The molecule has 5 rings (SSSR count). The van der Waals surface area contributed by atoms with Gasteiger partial charge in [-0.15, -0.1) is 14.8 Å². The molecule has 0 bridgehead atoms. The van der Waals surface area contributed by atoms with E-state index in [1.165, 1.54) is 4.63 Å². The Balaban J connectivity index is 1.17. The second kappa shape index (κ2) is 6.64. The van der Waals surface area contributed by atoms with Crippen molar-refractivity contribution in [2.24, 2.45) is 5.92 Å². The van der Waals surface area contributed by atoms with Crippen LogP contribution in [0.5, 0.6) is 0 Å². The van der Waals surface area contributed by atoms with Gasteiger partial charge >= 0.3 is 6.03 Å². The van der Waals surface area contributed by atoms with Gasteiger partial charge in [-0.3, -0.25) is 14.9 Å². The van der Waals surface area contributed by atoms with Gasteiger partial charge in [-0.25, -0.2) is 4.79 Å². The van der Waals surface area contributed by atoms with E-state index < -0.39 is 11.6 Å². The molecule has 0 aromatic carbocycles. The number of carbonyl (C=O) groups excluding carboxylic acids is 3. The van der Waals surface area contributed by atoms with Crippen LogP contribution in [0.15, 0.2) is 12.1 Å². The van der Waals surface area contributed by atoms with Crippen LogP contribution in [0.4, 0.5) is 10.6 Å². The van der Waals surface area contributed by atoms with Crippen LogP contribution in [0.1, 0.15) is 25.7 Å². The zero-order valence-electron chi connectivity index (χ0n) is 15.7. The van der Waals surface area contributed by atoms with E-state index >= 15 is 0 Å². The molecule has 4 amide bonds. The van der Waals surface area contributed by atoms with Crippen molar-refractivity contribution in [2.75, 3.05) is 31.1 Å². The smallest absolute Gasteiger partial charge is 0.322 e. The Bertz CT molecular complexity index is 973. The second-order valence-corrected chi connectivity index (χ2v) is 7.80. The second-order valence-electron chi connectivity index (χ2n) is 7.80. The molecule has 0 saturated carbocycles. The number of rotatable bonds is 2. The van der Waals surface area contributed by atoms with E-state index in [0.717, 1.165) is 31.7 Å². The fourth-order valence-corrected chi connectivity index (χ4v) is 4.41. The fourth-order valence-electron chi connectivity index (χ4n) is 4.41. The predicted molar refractivity (Wildman–Crippen MR) is 98.7 cm³/mol. The Morgan fingerprint density at radius 1 is 1.10 bits per heavy atom. The highest BCUT2D eigenvalue weighted by molar-refractivity contribution is 6.07. The molecule has 152 valence electrons. The van der Waals surface area contributed by atoms with Crippen molar-refractivity contribution in [3.05, 3.63) is 12.1 Å². The third-order valence-electron chi connectivity index (χ3n) is 6.17. The third-order valence-corrected chi connectivity index (χ3v) is 6.17. The zero-order valence-corrected chi connectivity index (χ0v) is 15.7. The molecule has 12 nitrogen and oxygen atoms in total. The first-order chi connectivity index (χ1) is 14.0. The lowest BCUT2D eigenvalue weighted by atomic mass is 9.86. The van der Waals surface area contributed by atoms with E-state index in [1.54, 1.807) is 0 Å². The monoisotopic (exact) mass is 399 g/mol. The van der Waals surface area contributed by atoms with Gasteiger partial charge < -0.3 is 15.1 Å². The summed E-state index contributed by atoms with van der Waals surface area (Å²) in [4.78, 5) is 40.4. The highest BCUT2D eigenvalue weighted by Crippen LogP contribution is 2.29. The molecule has 12 heteroatoms. The van der Waals surface area contributed by atoms with Crippen LogP contribution in [0.25, 0.3) is 5.65 Å². The molecule has 2 aromatic rings. The summed E-state index contributed by atoms with van der Waals surface area (Å²) in [6.07, 6.45) is 2.39. The minimum atomic E-state index is -0.849. The number of tetrazole rings is 1. The number of imide groups is 1. The number of nitrogens with zero attached hydrogens (tertiary/aromatic N) is 7. The SMILES string of the molecule is O=C1NC(=O)C2(CCN(C(=O)C3CCN(c4ccc5nnnn5n4)CC3)CC2)N1. The molecular weight excluding hydrogens is 378 g/mol. The van der Waals surface area contributed by atoms with E-state index in [2.05, 4.69) is 36.2 Å². The quantitative estimate of drug-likeness (QED) is 0.610. The molecule has 3 aliphatic rings. The number of amides is 4. The topological polar surface area (TPSA) is 138 Å². The van der Waals surface area contributed by atoms with Crippen molar-refractivity contribution in [1.82, 2.24) is 40.8 Å². The molecular formula is C17H21N9O3. The van der Waals surface area contributed by atoms with E-state index in [1.807, 2.05) is 17.0 Å². The van der Waals surface area contributed by atoms with Crippen molar-refractivity contribution in [2.45, 2.75) is 31.2 Å². The molecule has 2 N–H and O–H groups in total. The lowest BCUT2D eigenvalue weighted by molar-refractivity contribution is -0.139. The lowest BCUT2D eigenvalue weighted by Crippen LogP contribution is -2.56. The van der Waals surface area contributed by atoms with E-state index in [0.29, 0.717) is 31.6 Å². The standard InChI is InChI=1S/C17H21N9O3/c27-14(25-9-5-17(6-10-25)15(28)18-16(29)19-17)11-3-7-24(8-4-11)13-2-1-12-20-22-23-26(12)21-13/h1-2,11H,3-10H2,(H2,18,19,28,29). The van der Waals surface area contributed by atoms with Gasteiger partial charge in [0.1, 0.15) is 5.54 Å². The highest BCUT2D eigenvalue weighted by Gasteiger charge is 2.48. The maximum atomic E-state index is 13.0. The Hall–Kier alpha value is -3.31. The van der Waals surface area contributed by atoms with Crippen molar-refractivity contribution in [1.29, 1.82) is 0 Å². The molecule has 0 aliphatic carbocycles. The van der Waals surface area contributed by atoms with Gasteiger partial charge in [0, 0.05) is 32.1 Å². The number of urea groups is 1. The van der Waals surface area contributed by atoms with Crippen LogP contribution < -0.4 is 15.5 Å². The Kier molecular flexibility index (Phi) is 4.07. The molecule has 3 aliphatic heterocycles. The first-order valence-electron chi connectivity index (χ1n) is 9.77. The lowest BCUT2D eigenvalue weighted by Gasteiger charge is -2.40. The molecule has 3 saturated heterocycles. The molecule has 0 radical (unpaired) electrons. The average Bonchev–Trinajstić information content (AvgIpc) is 3.31. The maximum absolute atomic E-state index is 13.0. The predicted octanol–water partition coefficient (Wildman–Crippen LogP) is -1.06. The van der Waals surface area contributed by atoms with Crippen LogP contribution in [0.2, 0.25) is 0 Å². The van der Waals surface area contributed by atoms with Crippen molar-refractivity contribution < 1.29 is 14.4 Å². The summed E-state index contributed by atoms with van der Waals surface area (Å²) in [5.41, 5.74) is -0.258. The zero-order chi connectivity index (χ0) is 20.0. The van der Waals surface area contributed by atoms with Crippen molar-refractivity contribution in [3.63, 3.8) is 0 Å². The third kappa shape index (κ3) is 3.04. The van der Waals surface area contributed by atoms with Gasteiger partial charge in [-0.05, 0) is 48.2 Å². The summed E-state index contributed by atoms with van der Waals surface area (Å²) in [6, 6.07) is 3.26. The number of anilines is 1. The largest absolute Gasteiger partial charge is 0.355 e. The van der Waals surface area contributed by atoms with Crippen LogP contribution in [0, 0.1) is 5.92 Å². The van der Waals surface area contributed by atoms with E-state index in [-0.39, 0.29) is 17.7 Å². The minimum Gasteiger partial charge on any atom is -0.355 e. The number of carbonyl (C=O) groups is 3. The summed E-state index contributed by atoms with van der Waals surface area (Å²) in [5.74, 6) is 0.603. The van der Waals surface area contributed by atoms with Crippen LogP contribution in [0.3, 0.4) is 0 Å². The van der Waals surface area contributed by atoms with Gasteiger partial charge in [-0.2, -0.15) is 0 Å². The molecule has 0 atom stereocenters. The average molecular weight is 399 g/mol. The van der Waals surface area contributed by atoms with Gasteiger partial charge in [0.15, 0.2) is 11.5 Å². The number of nitrogens with one attached hydrogen (secondary N) is 2. The van der Waals surface area contributed by atoms with E-state index in [9.17, 15) is 14.4 Å². The fraction of sp³-hybridized carbons (Fsp3) is 0.588. The molecule has 3 fully saturated rings. The summed E-state index contributed by atoms with van der Waals surface area (Å²) in [7, 11) is 0. The Morgan fingerprint density at radius 2 is 1.86 bits per heavy atom. The van der Waals surface area contributed by atoms with Crippen LogP contribution >= 0.6 is 0 Å². The van der Waals surface area contributed by atoms with Crippen molar-refractivity contribution in [3.8, 4) is 0 Å². The summed E-state index contributed by atoms with van der Waals surface area (Å²) in [6.45, 7) is 2.41. The number of aromatic nitrogens is 5. The first kappa shape index (κ1) is 17.8. The number of hydrogen-bond donors (Lipinski definition) is 2. The number of hydrogen-bond acceptors (Lipinski definition) is 8. The number of piperidine rings is 2. The van der Waals surface area contributed by atoms with Crippen molar-refractivity contribution >= 4 is 29.3 Å². The summed E-state index contributed by atoms with van der Waals surface area (Å²) >= 11 is 0. The van der Waals surface area contributed by atoms with Gasteiger partial charge in [-0.1, -0.05) is 0 Å². The van der Waals surface area contributed by atoms with Crippen LogP contribution in [-0.4, -0.2) is 79.7 Å². The molecule has 2 aromatic heterocycles. The number of fused-ring (bicyclic) bond motifs is 1.